The summed E-state index contributed by atoms with van der Waals surface area (Å²) in [5, 5.41) is 1.38. The third kappa shape index (κ3) is 5.79. The maximum absolute atomic E-state index is 15.0. The number of aryl methyl sites for hydroxylation is 2. The molecule has 0 heterocycles. The molecule has 0 aliphatic rings. The Morgan fingerprint density at radius 2 is 1.36 bits per heavy atom. The van der Waals surface area contributed by atoms with Crippen LogP contribution >= 0.6 is 0 Å². The van der Waals surface area contributed by atoms with Crippen molar-refractivity contribution in [2.24, 2.45) is 0 Å². The zero-order chi connectivity index (χ0) is 23.0. The van der Waals surface area contributed by atoms with Gasteiger partial charge < -0.3 is 0 Å². The first kappa shape index (κ1) is 22.1. The Balaban J connectivity index is 1.53. The molecule has 0 amide bonds. The molecule has 0 radical (unpaired) electrons. The highest BCUT2D eigenvalue weighted by molar-refractivity contribution is 5.86. The zero-order valence-corrected chi connectivity index (χ0v) is 19.0. The molecule has 1 heteroatoms. The van der Waals surface area contributed by atoms with Gasteiger partial charge in [0.05, 0.1) is 5.56 Å². The average molecular weight is 429 g/mol. The summed E-state index contributed by atoms with van der Waals surface area (Å²) in [4.78, 5) is 0. The first-order chi connectivity index (χ1) is 16.1. The minimum atomic E-state index is -0.292. The van der Waals surface area contributed by atoms with Gasteiger partial charge in [0.25, 0.3) is 0 Å². The molecule has 0 saturated heterocycles. The topological polar surface area (TPSA) is 0 Å². The number of hydrogen-bond donors (Lipinski definition) is 0. The van der Waals surface area contributed by atoms with Crippen LogP contribution in [0.2, 0.25) is 0 Å². The minimum absolute atomic E-state index is 0.292. The van der Waals surface area contributed by atoms with Crippen LogP contribution in [0.3, 0.4) is 0 Å². The predicted octanol–water partition coefficient (Wildman–Crippen LogP) is 7.60. The normalized spacial score (nSPS) is 10.5. The first-order valence-electron chi connectivity index (χ1n) is 11.2. The predicted molar refractivity (Wildman–Crippen MR) is 137 cm³/mol. The van der Waals surface area contributed by atoms with Crippen molar-refractivity contribution in [2.45, 2.75) is 26.7 Å². The molecule has 0 atom stereocenters. The summed E-state index contributed by atoms with van der Waals surface area (Å²) in [5.41, 5.74) is 5.58. The second-order valence-corrected chi connectivity index (χ2v) is 8.03. The second-order valence-electron chi connectivity index (χ2n) is 8.03. The van der Waals surface area contributed by atoms with Crippen molar-refractivity contribution in [3.05, 3.63) is 130 Å². The van der Waals surface area contributed by atoms with E-state index in [2.05, 4.69) is 60.1 Å². The van der Waals surface area contributed by atoms with Crippen LogP contribution < -0.4 is 0 Å². The molecular weight excluding hydrogens is 403 g/mol. The number of hydrogen-bond acceptors (Lipinski definition) is 0. The van der Waals surface area contributed by atoms with Gasteiger partial charge in [0, 0.05) is 22.1 Å². The van der Waals surface area contributed by atoms with E-state index in [9.17, 15) is 0 Å². The number of halogens is 1. The van der Waals surface area contributed by atoms with Crippen LogP contribution in [0, 0.1) is 36.4 Å². The van der Waals surface area contributed by atoms with Gasteiger partial charge in [-0.2, -0.15) is 0 Å². The Morgan fingerprint density at radius 3 is 2.09 bits per heavy atom. The van der Waals surface area contributed by atoms with Gasteiger partial charge in [-0.3, -0.25) is 0 Å². The summed E-state index contributed by atoms with van der Waals surface area (Å²) in [5.74, 6) is 12.1. The molecule has 0 nitrogen and oxygen atoms in total. The summed E-state index contributed by atoms with van der Waals surface area (Å²) in [6.45, 7) is 4.07. The molecule has 33 heavy (non-hydrogen) atoms. The molecule has 4 rings (SSSR count). The van der Waals surface area contributed by atoms with E-state index in [4.69, 9.17) is 0 Å². The van der Waals surface area contributed by atoms with Crippen molar-refractivity contribution in [3.8, 4) is 23.7 Å². The monoisotopic (exact) mass is 428 g/mol. The standard InChI is InChI=1S/C32H25F/c1-3-4-5-6-25-11-13-27(14-12-25)15-16-28-18-22-31-30(23-28)21-20-29(32(31)33)19-17-26-9-7-24(2)8-10-26/h3-4,7-14,18,20-23H,5-6H2,1-2H3/b4-3+. The van der Waals surface area contributed by atoms with Crippen molar-refractivity contribution in [3.63, 3.8) is 0 Å². The molecule has 0 unspecified atom stereocenters. The molecule has 0 saturated carbocycles. The van der Waals surface area contributed by atoms with Crippen molar-refractivity contribution >= 4 is 10.8 Å². The van der Waals surface area contributed by atoms with Crippen molar-refractivity contribution in [1.82, 2.24) is 0 Å². The molecule has 0 aliphatic heterocycles. The third-order valence-corrected chi connectivity index (χ3v) is 5.49. The van der Waals surface area contributed by atoms with E-state index in [1.54, 1.807) is 12.1 Å². The van der Waals surface area contributed by atoms with Crippen LogP contribution in [-0.2, 0) is 6.42 Å². The highest BCUT2D eigenvalue weighted by atomic mass is 19.1. The van der Waals surface area contributed by atoms with Gasteiger partial charge in [-0.05, 0) is 80.1 Å². The fraction of sp³-hybridized carbons (Fsp3) is 0.125. The summed E-state index contributed by atoms with van der Waals surface area (Å²) >= 11 is 0. The fourth-order valence-electron chi connectivity index (χ4n) is 3.56. The zero-order valence-electron chi connectivity index (χ0n) is 19.0. The van der Waals surface area contributed by atoms with Gasteiger partial charge in [-0.1, -0.05) is 77.8 Å². The van der Waals surface area contributed by atoms with Crippen LogP contribution in [0.25, 0.3) is 10.8 Å². The van der Waals surface area contributed by atoms with Crippen LogP contribution in [0.15, 0.2) is 91.0 Å². The van der Waals surface area contributed by atoms with Gasteiger partial charge in [0.15, 0.2) is 0 Å². The smallest absolute Gasteiger partial charge is 0.146 e. The molecular formula is C32H25F. The molecule has 0 N–H and O–H groups in total. The molecule has 0 aliphatic carbocycles. The molecule has 0 fully saturated rings. The third-order valence-electron chi connectivity index (χ3n) is 5.49. The van der Waals surface area contributed by atoms with Crippen LogP contribution in [0.1, 0.15) is 46.7 Å². The van der Waals surface area contributed by atoms with Gasteiger partial charge in [0.2, 0.25) is 0 Å². The summed E-state index contributed by atoms with van der Waals surface area (Å²) in [6.07, 6.45) is 6.34. The maximum atomic E-state index is 15.0. The molecule has 0 spiro atoms. The van der Waals surface area contributed by atoms with Gasteiger partial charge in [-0.25, -0.2) is 4.39 Å². The van der Waals surface area contributed by atoms with E-state index in [1.807, 2.05) is 56.3 Å². The van der Waals surface area contributed by atoms with E-state index >= 15 is 4.39 Å². The van der Waals surface area contributed by atoms with Gasteiger partial charge in [-0.15, -0.1) is 0 Å². The van der Waals surface area contributed by atoms with Gasteiger partial charge in [0.1, 0.15) is 5.82 Å². The Morgan fingerprint density at radius 1 is 0.727 bits per heavy atom. The fourth-order valence-corrected chi connectivity index (χ4v) is 3.56. The quantitative estimate of drug-likeness (QED) is 0.233. The maximum Gasteiger partial charge on any atom is 0.146 e. The Hall–Kier alpha value is -4.07. The van der Waals surface area contributed by atoms with Crippen molar-refractivity contribution in [1.29, 1.82) is 0 Å². The molecule has 0 aromatic heterocycles. The van der Waals surface area contributed by atoms with E-state index in [1.165, 1.54) is 11.1 Å². The number of fused-ring (bicyclic) bond motifs is 1. The minimum Gasteiger partial charge on any atom is -0.205 e. The highest BCUT2D eigenvalue weighted by Gasteiger charge is 2.06. The summed E-state index contributed by atoms with van der Waals surface area (Å²) in [7, 11) is 0. The lowest BCUT2D eigenvalue weighted by Gasteiger charge is -2.03. The van der Waals surface area contributed by atoms with Crippen molar-refractivity contribution in [2.75, 3.05) is 0 Å². The Labute approximate surface area is 195 Å². The highest BCUT2D eigenvalue weighted by Crippen LogP contribution is 2.22. The summed E-state index contributed by atoms with van der Waals surface area (Å²) < 4.78 is 15.0. The van der Waals surface area contributed by atoms with Gasteiger partial charge >= 0.3 is 0 Å². The molecule has 0 bridgehead atoms. The Bertz CT molecular complexity index is 1410. The SMILES string of the molecule is C/C=C/CCc1ccc(C#Cc2ccc3c(F)c(C#Cc4ccc(C)cc4)ccc3c2)cc1. The van der Waals surface area contributed by atoms with E-state index in [0.29, 0.717) is 10.9 Å². The summed E-state index contributed by atoms with van der Waals surface area (Å²) in [6, 6.07) is 25.5. The number of benzene rings is 4. The molecule has 4 aromatic rings. The Kier molecular flexibility index (Phi) is 7.04. The second kappa shape index (κ2) is 10.5. The van der Waals surface area contributed by atoms with Crippen LogP contribution in [-0.4, -0.2) is 0 Å². The average Bonchev–Trinajstić information content (AvgIpc) is 2.84. The number of rotatable bonds is 3. The number of allylic oxidation sites excluding steroid dienone is 2. The van der Waals surface area contributed by atoms with E-state index < -0.39 is 0 Å². The lowest BCUT2D eigenvalue weighted by atomic mass is 10.0. The first-order valence-corrected chi connectivity index (χ1v) is 11.2. The van der Waals surface area contributed by atoms with Crippen LogP contribution in [0.5, 0.6) is 0 Å². The van der Waals surface area contributed by atoms with Crippen LogP contribution in [0.4, 0.5) is 4.39 Å². The largest absolute Gasteiger partial charge is 0.205 e. The van der Waals surface area contributed by atoms with E-state index in [0.717, 1.165) is 34.9 Å². The lowest BCUT2D eigenvalue weighted by molar-refractivity contribution is 0.636. The lowest BCUT2D eigenvalue weighted by Crippen LogP contribution is -1.88. The van der Waals surface area contributed by atoms with E-state index in [-0.39, 0.29) is 5.82 Å². The molecule has 160 valence electrons. The molecule has 4 aromatic carbocycles. The van der Waals surface area contributed by atoms with Crippen molar-refractivity contribution < 1.29 is 4.39 Å².